The monoisotopic (exact) mass is 441 g/mol. The highest BCUT2D eigenvalue weighted by Gasteiger charge is 2.33. The van der Waals surface area contributed by atoms with E-state index in [9.17, 15) is 18.3 Å². The maximum atomic E-state index is 13.0. The predicted molar refractivity (Wildman–Crippen MR) is 108 cm³/mol. The average molecular weight is 442 g/mol. The second-order valence-electron chi connectivity index (χ2n) is 6.69. The number of hydrogen-bond acceptors (Lipinski definition) is 4. The number of fused-ring (bicyclic) bond motifs is 1. The Balaban J connectivity index is 1.61. The van der Waals surface area contributed by atoms with Gasteiger partial charge in [-0.25, -0.2) is 13.2 Å². The molecule has 0 atom stereocenters. The molecule has 148 valence electrons. The first-order valence-electron chi connectivity index (χ1n) is 8.66. The van der Waals surface area contributed by atoms with Crippen LogP contribution in [0.1, 0.15) is 18.9 Å². The van der Waals surface area contributed by atoms with Crippen LogP contribution in [0.3, 0.4) is 0 Å². The Morgan fingerprint density at radius 1 is 1.11 bits per heavy atom. The van der Waals surface area contributed by atoms with E-state index < -0.39 is 15.8 Å². The number of rotatable bonds is 3. The summed E-state index contributed by atoms with van der Waals surface area (Å²) in [6, 6.07) is 9.76. The molecule has 0 unspecified atom stereocenters. The SMILES string of the molecule is O=c1[nH]c2ccccc2n1C1CCN(S(=O)(=O)c2cc(Cl)cc(Cl)c2O)CC1. The lowest BCUT2D eigenvalue weighted by Gasteiger charge is -2.32. The number of imidazole rings is 1. The van der Waals surface area contributed by atoms with Crippen LogP contribution in [0.2, 0.25) is 10.0 Å². The van der Waals surface area contributed by atoms with Gasteiger partial charge in [-0.2, -0.15) is 4.31 Å². The van der Waals surface area contributed by atoms with Gasteiger partial charge in [-0.1, -0.05) is 35.3 Å². The van der Waals surface area contributed by atoms with Crippen LogP contribution >= 0.6 is 23.2 Å². The number of nitrogens with zero attached hydrogens (tertiary/aromatic N) is 2. The lowest BCUT2D eigenvalue weighted by Crippen LogP contribution is -2.40. The quantitative estimate of drug-likeness (QED) is 0.650. The molecule has 0 aliphatic carbocycles. The van der Waals surface area contributed by atoms with Crippen molar-refractivity contribution in [1.29, 1.82) is 0 Å². The molecule has 0 saturated carbocycles. The Kier molecular flexibility index (Phi) is 4.91. The lowest BCUT2D eigenvalue weighted by atomic mass is 10.1. The van der Waals surface area contributed by atoms with Gasteiger partial charge in [-0.3, -0.25) is 4.57 Å². The fraction of sp³-hybridized carbons (Fsp3) is 0.278. The molecule has 1 fully saturated rings. The molecule has 2 N–H and O–H groups in total. The van der Waals surface area contributed by atoms with Crippen LogP contribution in [0.4, 0.5) is 0 Å². The van der Waals surface area contributed by atoms with Crippen LogP contribution in [0.25, 0.3) is 11.0 Å². The molecule has 3 aromatic rings. The number of sulfonamides is 1. The minimum atomic E-state index is -3.96. The standard InChI is InChI=1S/C18H17Cl2N3O4S/c19-11-9-13(20)17(24)16(10-11)28(26,27)22-7-5-12(6-8-22)23-15-4-2-1-3-14(15)21-18(23)25/h1-4,9-10,12,24H,5-8H2,(H,21,25). The first-order chi connectivity index (χ1) is 13.3. The lowest BCUT2D eigenvalue weighted by molar-refractivity contribution is 0.273. The van der Waals surface area contributed by atoms with Crippen molar-refractivity contribution >= 4 is 44.3 Å². The van der Waals surface area contributed by atoms with Crippen LogP contribution in [0.5, 0.6) is 5.75 Å². The number of phenols is 1. The number of piperidine rings is 1. The van der Waals surface area contributed by atoms with Crippen LogP contribution in [-0.4, -0.2) is 40.5 Å². The molecular weight excluding hydrogens is 425 g/mol. The number of phenolic OH excluding ortho intramolecular Hbond substituents is 1. The second kappa shape index (κ2) is 7.11. The molecule has 1 aromatic heterocycles. The van der Waals surface area contributed by atoms with E-state index in [4.69, 9.17) is 23.2 Å². The zero-order chi connectivity index (χ0) is 20.1. The van der Waals surface area contributed by atoms with Gasteiger partial charge in [0.25, 0.3) is 0 Å². The molecule has 4 rings (SSSR count). The molecule has 2 aromatic carbocycles. The summed E-state index contributed by atoms with van der Waals surface area (Å²) in [4.78, 5) is 14.9. The molecule has 2 heterocycles. The van der Waals surface area contributed by atoms with E-state index >= 15 is 0 Å². The minimum Gasteiger partial charge on any atom is -0.505 e. The Hall–Kier alpha value is -2.00. The zero-order valence-corrected chi connectivity index (χ0v) is 16.9. The fourth-order valence-corrected chi connectivity index (χ4v) is 5.87. The summed E-state index contributed by atoms with van der Waals surface area (Å²) in [7, 11) is -3.96. The van der Waals surface area contributed by atoms with Crippen molar-refractivity contribution in [3.63, 3.8) is 0 Å². The van der Waals surface area contributed by atoms with Crippen molar-refractivity contribution in [2.45, 2.75) is 23.8 Å². The smallest absolute Gasteiger partial charge is 0.326 e. The number of nitrogens with one attached hydrogen (secondary N) is 1. The number of H-pyrrole nitrogens is 1. The molecule has 0 radical (unpaired) electrons. The molecule has 28 heavy (non-hydrogen) atoms. The highest BCUT2D eigenvalue weighted by Crippen LogP contribution is 2.37. The normalized spacial score (nSPS) is 16.6. The molecule has 1 aliphatic rings. The van der Waals surface area contributed by atoms with Crippen molar-refractivity contribution in [2.24, 2.45) is 0 Å². The molecule has 10 heteroatoms. The molecule has 1 saturated heterocycles. The van der Waals surface area contributed by atoms with E-state index in [1.807, 2.05) is 24.3 Å². The molecule has 1 aliphatic heterocycles. The summed E-state index contributed by atoms with van der Waals surface area (Å²) in [5.41, 5.74) is 1.34. The third-order valence-corrected chi connectivity index (χ3v) is 7.44. The summed E-state index contributed by atoms with van der Waals surface area (Å²) < 4.78 is 28.9. The summed E-state index contributed by atoms with van der Waals surface area (Å²) in [5, 5.41) is 10.1. The maximum absolute atomic E-state index is 13.0. The third-order valence-electron chi connectivity index (χ3n) is 5.02. The Bertz CT molecular complexity index is 1210. The van der Waals surface area contributed by atoms with Crippen molar-refractivity contribution in [2.75, 3.05) is 13.1 Å². The summed E-state index contributed by atoms with van der Waals surface area (Å²) in [6.45, 7) is 0.422. The second-order valence-corrected chi connectivity index (χ2v) is 9.44. The Labute approximate surface area is 171 Å². The highest BCUT2D eigenvalue weighted by atomic mass is 35.5. The van der Waals surface area contributed by atoms with Crippen molar-refractivity contribution in [3.8, 4) is 5.75 Å². The number of aromatic nitrogens is 2. The third kappa shape index (κ3) is 3.20. The summed E-state index contributed by atoms with van der Waals surface area (Å²) >= 11 is 11.8. The summed E-state index contributed by atoms with van der Waals surface area (Å²) in [6.07, 6.45) is 0.937. The molecule has 0 amide bonds. The number of para-hydroxylation sites is 2. The van der Waals surface area contributed by atoms with Crippen molar-refractivity contribution in [3.05, 3.63) is 56.9 Å². The number of aromatic hydroxyl groups is 1. The van der Waals surface area contributed by atoms with Crippen molar-refractivity contribution < 1.29 is 13.5 Å². The van der Waals surface area contributed by atoms with Gasteiger partial charge in [0.1, 0.15) is 4.90 Å². The summed E-state index contributed by atoms with van der Waals surface area (Å²) in [5.74, 6) is -0.513. The van der Waals surface area contributed by atoms with E-state index in [1.54, 1.807) is 4.57 Å². The topological polar surface area (TPSA) is 95.4 Å². The van der Waals surface area contributed by atoms with Crippen LogP contribution in [-0.2, 0) is 10.0 Å². The Morgan fingerprint density at radius 2 is 1.79 bits per heavy atom. The number of aromatic amines is 1. The van der Waals surface area contributed by atoms with Gasteiger partial charge in [0, 0.05) is 24.2 Å². The molecular formula is C18H17Cl2N3O4S. The predicted octanol–water partition coefficient (Wildman–Crippen LogP) is 3.37. The Morgan fingerprint density at radius 3 is 2.50 bits per heavy atom. The van der Waals surface area contributed by atoms with Crippen molar-refractivity contribution in [1.82, 2.24) is 13.9 Å². The number of halogens is 2. The molecule has 0 spiro atoms. The first kappa shape index (κ1) is 19.3. The first-order valence-corrected chi connectivity index (χ1v) is 10.9. The van der Waals surface area contributed by atoms with Gasteiger partial charge >= 0.3 is 5.69 Å². The van der Waals surface area contributed by atoms with Gasteiger partial charge in [0.15, 0.2) is 5.75 Å². The van der Waals surface area contributed by atoms with Gasteiger partial charge in [-0.05, 0) is 37.1 Å². The molecule has 7 nitrogen and oxygen atoms in total. The van der Waals surface area contributed by atoms with E-state index in [-0.39, 0.29) is 39.8 Å². The number of hydrogen-bond donors (Lipinski definition) is 2. The van der Waals surface area contributed by atoms with E-state index in [0.717, 1.165) is 11.0 Å². The fourth-order valence-electron chi connectivity index (χ4n) is 3.66. The average Bonchev–Trinajstić information content (AvgIpc) is 3.00. The minimum absolute atomic E-state index is 0.119. The van der Waals surface area contributed by atoms with Gasteiger partial charge < -0.3 is 10.1 Å². The molecule has 0 bridgehead atoms. The van der Waals surface area contributed by atoms with Crippen LogP contribution in [0, 0.1) is 0 Å². The maximum Gasteiger partial charge on any atom is 0.326 e. The van der Waals surface area contributed by atoms with E-state index in [1.165, 1.54) is 16.4 Å². The highest BCUT2D eigenvalue weighted by molar-refractivity contribution is 7.89. The van der Waals surface area contributed by atoms with Crippen LogP contribution in [0.15, 0.2) is 46.1 Å². The van der Waals surface area contributed by atoms with Gasteiger partial charge in [-0.15, -0.1) is 0 Å². The van der Waals surface area contributed by atoms with E-state index in [0.29, 0.717) is 12.8 Å². The zero-order valence-electron chi connectivity index (χ0n) is 14.6. The largest absolute Gasteiger partial charge is 0.505 e. The van der Waals surface area contributed by atoms with Crippen LogP contribution < -0.4 is 5.69 Å². The number of benzene rings is 2. The van der Waals surface area contributed by atoms with E-state index in [2.05, 4.69) is 4.98 Å². The van der Waals surface area contributed by atoms with Gasteiger partial charge in [0.2, 0.25) is 10.0 Å². The van der Waals surface area contributed by atoms with Gasteiger partial charge in [0.05, 0.1) is 16.1 Å².